The number of hydrogen-bond donors (Lipinski definition) is 1. The molecule has 1 aromatic heterocycles. The fourth-order valence-corrected chi connectivity index (χ4v) is 2.68. The van der Waals surface area contributed by atoms with E-state index in [9.17, 15) is 0 Å². The summed E-state index contributed by atoms with van der Waals surface area (Å²) in [4.78, 5) is 4.52. The smallest absolute Gasteiger partial charge is 0.227 e. The molecule has 21 heavy (non-hydrogen) atoms. The molecule has 0 saturated carbocycles. The van der Waals surface area contributed by atoms with E-state index < -0.39 is 0 Å². The number of piperidine rings is 1. The Bertz CT molecular complexity index is 576. The molecule has 1 aliphatic rings. The average Bonchev–Trinajstić information content (AvgIpc) is 2.97. The molecule has 0 amide bonds. The van der Waals surface area contributed by atoms with Crippen LogP contribution < -0.4 is 10.1 Å². The Morgan fingerprint density at radius 2 is 2.19 bits per heavy atom. The molecular weight excluding hydrogens is 266 g/mol. The first kappa shape index (κ1) is 14.1. The molecule has 0 aliphatic carbocycles. The van der Waals surface area contributed by atoms with Crippen molar-refractivity contribution >= 4 is 0 Å². The molecule has 1 aliphatic heterocycles. The quantitative estimate of drug-likeness (QED) is 0.916. The Balaban J connectivity index is 1.70. The summed E-state index contributed by atoms with van der Waals surface area (Å²) in [6, 6.07) is 7.80. The van der Waals surface area contributed by atoms with Crippen LogP contribution in [0.2, 0.25) is 0 Å². The van der Waals surface area contributed by atoms with Crippen LogP contribution in [-0.4, -0.2) is 29.8 Å². The molecule has 1 fully saturated rings. The normalized spacial score (nSPS) is 16.0. The lowest BCUT2D eigenvalue weighted by molar-refractivity contribution is 0.313. The third-order valence-electron chi connectivity index (χ3n) is 3.79. The number of hydrogen-bond acceptors (Lipinski definition) is 5. The first-order valence-electron chi connectivity index (χ1n) is 7.61. The summed E-state index contributed by atoms with van der Waals surface area (Å²) in [6.07, 6.45) is 3.23. The van der Waals surface area contributed by atoms with Crippen LogP contribution in [0, 0.1) is 5.92 Å². The highest BCUT2D eigenvalue weighted by Crippen LogP contribution is 2.23. The summed E-state index contributed by atoms with van der Waals surface area (Å²) in [5, 5.41) is 7.47. The van der Waals surface area contributed by atoms with Gasteiger partial charge in [0.25, 0.3) is 0 Å². The second-order valence-corrected chi connectivity index (χ2v) is 5.37. The fourth-order valence-electron chi connectivity index (χ4n) is 2.68. The molecule has 2 aromatic rings. The molecular formula is C16H21N3O2. The van der Waals surface area contributed by atoms with Crippen molar-refractivity contribution in [2.24, 2.45) is 5.92 Å². The van der Waals surface area contributed by atoms with Gasteiger partial charge in [-0.2, -0.15) is 4.98 Å². The minimum atomic E-state index is 0.639. The summed E-state index contributed by atoms with van der Waals surface area (Å²) in [7, 11) is 0. The van der Waals surface area contributed by atoms with Gasteiger partial charge in [-0.05, 0) is 50.9 Å². The first-order chi connectivity index (χ1) is 10.3. The molecule has 0 bridgehead atoms. The molecule has 1 aromatic carbocycles. The largest absolute Gasteiger partial charge is 0.494 e. The van der Waals surface area contributed by atoms with Crippen LogP contribution in [0.25, 0.3) is 11.4 Å². The van der Waals surface area contributed by atoms with E-state index >= 15 is 0 Å². The third-order valence-corrected chi connectivity index (χ3v) is 3.79. The lowest BCUT2D eigenvalue weighted by Gasteiger charge is -2.20. The van der Waals surface area contributed by atoms with Gasteiger partial charge in [-0.15, -0.1) is 0 Å². The molecule has 0 spiro atoms. The van der Waals surface area contributed by atoms with Crippen molar-refractivity contribution < 1.29 is 9.26 Å². The number of nitrogens with one attached hydrogen (secondary N) is 1. The minimum absolute atomic E-state index is 0.639. The molecule has 2 heterocycles. The average molecular weight is 287 g/mol. The molecule has 112 valence electrons. The van der Waals surface area contributed by atoms with E-state index in [1.54, 1.807) is 0 Å². The first-order valence-corrected chi connectivity index (χ1v) is 7.61. The van der Waals surface area contributed by atoms with Crippen molar-refractivity contribution in [1.82, 2.24) is 15.5 Å². The van der Waals surface area contributed by atoms with Gasteiger partial charge in [0.05, 0.1) is 6.61 Å². The summed E-state index contributed by atoms with van der Waals surface area (Å²) in [6.45, 7) is 4.79. The SMILES string of the molecule is CCOc1cccc(-c2noc(CC3CCNCC3)n2)c1. The Morgan fingerprint density at radius 1 is 1.33 bits per heavy atom. The van der Waals surface area contributed by atoms with Gasteiger partial charge in [0, 0.05) is 12.0 Å². The third kappa shape index (κ3) is 3.61. The number of aromatic nitrogens is 2. The lowest BCUT2D eigenvalue weighted by Crippen LogP contribution is -2.28. The molecule has 3 rings (SSSR count). The molecule has 5 heteroatoms. The van der Waals surface area contributed by atoms with Gasteiger partial charge in [-0.25, -0.2) is 0 Å². The molecule has 5 nitrogen and oxygen atoms in total. The van der Waals surface area contributed by atoms with Crippen LogP contribution in [0.3, 0.4) is 0 Å². The Hall–Kier alpha value is -1.88. The van der Waals surface area contributed by atoms with Crippen LogP contribution in [0.1, 0.15) is 25.7 Å². The predicted octanol–water partition coefficient (Wildman–Crippen LogP) is 2.68. The lowest BCUT2D eigenvalue weighted by atomic mass is 9.95. The Labute approximate surface area is 124 Å². The van der Waals surface area contributed by atoms with E-state index in [-0.39, 0.29) is 0 Å². The summed E-state index contributed by atoms with van der Waals surface area (Å²) >= 11 is 0. The molecule has 0 radical (unpaired) electrons. The van der Waals surface area contributed by atoms with Gasteiger partial charge in [-0.3, -0.25) is 0 Å². The van der Waals surface area contributed by atoms with E-state index in [0.29, 0.717) is 18.3 Å². The van der Waals surface area contributed by atoms with Gasteiger partial charge in [0.1, 0.15) is 5.75 Å². The van der Waals surface area contributed by atoms with Gasteiger partial charge in [-0.1, -0.05) is 17.3 Å². The van der Waals surface area contributed by atoms with Crippen LogP contribution in [0.15, 0.2) is 28.8 Å². The maximum Gasteiger partial charge on any atom is 0.227 e. The van der Waals surface area contributed by atoms with Gasteiger partial charge in [0.15, 0.2) is 0 Å². The monoisotopic (exact) mass is 287 g/mol. The van der Waals surface area contributed by atoms with Gasteiger partial charge < -0.3 is 14.6 Å². The maximum absolute atomic E-state index is 5.50. The summed E-state index contributed by atoms with van der Waals surface area (Å²) in [5.41, 5.74) is 0.932. The van der Waals surface area contributed by atoms with Gasteiger partial charge in [0.2, 0.25) is 11.7 Å². The van der Waals surface area contributed by atoms with Gasteiger partial charge >= 0.3 is 0 Å². The van der Waals surface area contributed by atoms with Crippen LogP contribution in [-0.2, 0) is 6.42 Å². The van der Waals surface area contributed by atoms with Crippen LogP contribution >= 0.6 is 0 Å². The number of nitrogens with zero attached hydrogens (tertiary/aromatic N) is 2. The topological polar surface area (TPSA) is 60.2 Å². The fraction of sp³-hybridized carbons (Fsp3) is 0.500. The number of rotatable bonds is 5. The highest BCUT2D eigenvalue weighted by atomic mass is 16.5. The second-order valence-electron chi connectivity index (χ2n) is 5.37. The van der Waals surface area contributed by atoms with Crippen molar-refractivity contribution in [3.05, 3.63) is 30.2 Å². The predicted molar refractivity (Wildman–Crippen MR) is 80.2 cm³/mol. The van der Waals surface area contributed by atoms with Crippen LogP contribution in [0.4, 0.5) is 0 Å². The van der Waals surface area contributed by atoms with Crippen molar-refractivity contribution in [3.63, 3.8) is 0 Å². The zero-order valence-electron chi connectivity index (χ0n) is 12.3. The highest BCUT2D eigenvalue weighted by molar-refractivity contribution is 5.56. The van der Waals surface area contributed by atoms with E-state index in [2.05, 4.69) is 15.5 Å². The van der Waals surface area contributed by atoms with Crippen molar-refractivity contribution in [2.45, 2.75) is 26.2 Å². The highest BCUT2D eigenvalue weighted by Gasteiger charge is 2.17. The summed E-state index contributed by atoms with van der Waals surface area (Å²) in [5.74, 6) is 2.85. The Morgan fingerprint density at radius 3 is 3.00 bits per heavy atom. The minimum Gasteiger partial charge on any atom is -0.494 e. The number of benzene rings is 1. The molecule has 1 saturated heterocycles. The standard InChI is InChI=1S/C16H21N3O2/c1-2-20-14-5-3-4-13(11-14)16-18-15(21-19-16)10-12-6-8-17-9-7-12/h3-5,11-12,17H,2,6-10H2,1H3. The van der Waals surface area contributed by atoms with E-state index in [4.69, 9.17) is 9.26 Å². The molecule has 0 unspecified atom stereocenters. The Kier molecular flexibility index (Phi) is 4.50. The maximum atomic E-state index is 5.50. The zero-order valence-corrected chi connectivity index (χ0v) is 12.3. The zero-order chi connectivity index (χ0) is 14.5. The van der Waals surface area contributed by atoms with Crippen molar-refractivity contribution in [1.29, 1.82) is 0 Å². The molecule has 1 N–H and O–H groups in total. The molecule has 0 atom stereocenters. The summed E-state index contributed by atoms with van der Waals surface area (Å²) < 4.78 is 10.9. The van der Waals surface area contributed by atoms with Crippen LogP contribution in [0.5, 0.6) is 5.75 Å². The second kappa shape index (κ2) is 6.72. The van der Waals surface area contributed by atoms with E-state index in [1.165, 1.54) is 12.8 Å². The van der Waals surface area contributed by atoms with Crippen molar-refractivity contribution in [3.8, 4) is 17.1 Å². The van der Waals surface area contributed by atoms with Crippen molar-refractivity contribution in [2.75, 3.05) is 19.7 Å². The number of ether oxygens (including phenoxy) is 1. The van der Waals surface area contributed by atoms with E-state index in [1.807, 2.05) is 31.2 Å². The van der Waals surface area contributed by atoms with E-state index in [0.717, 1.165) is 36.7 Å².